The van der Waals surface area contributed by atoms with Gasteiger partial charge in [-0.15, -0.1) is 0 Å². The molecule has 5 nitrogen and oxygen atoms in total. The number of carbonyl (C=O) groups is 1. The molecule has 0 aromatic heterocycles. The highest BCUT2D eigenvalue weighted by Crippen LogP contribution is 2.43. The molecule has 3 aromatic rings. The van der Waals surface area contributed by atoms with E-state index < -0.39 is 0 Å². The SMILES string of the molecule is CCOc1cc2c(cc1OCC)C(c1ccc(OC)cc1)N(c1ccc(CC)cc1)C(=O)C2. The lowest BCUT2D eigenvalue weighted by molar-refractivity contribution is -0.118. The summed E-state index contributed by atoms with van der Waals surface area (Å²) in [6.07, 6.45) is 1.26. The summed E-state index contributed by atoms with van der Waals surface area (Å²) in [6, 6.07) is 19.9. The number of hydrogen-bond donors (Lipinski definition) is 0. The number of carbonyl (C=O) groups excluding carboxylic acids is 1. The second-order valence-electron chi connectivity index (χ2n) is 8.00. The number of aryl methyl sites for hydroxylation is 1. The predicted octanol–water partition coefficient (Wildman–Crippen LogP) is 5.73. The van der Waals surface area contributed by atoms with E-state index in [0.717, 1.165) is 34.5 Å². The van der Waals surface area contributed by atoms with Crippen molar-refractivity contribution in [2.45, 2.75) is 39.7 Å². The highest BCUT2D eigenvalue weighted by atomic mass is 16.5. The first kappa shape index (κ1) is 22.7. The molecule has 1 unspecified atom stereocenters. The first-order valence-corrected chi connectivity index (χ1v) is 11.6. The van der Waals surface area contributed by atoms with Crippen LogP contribution in [-0.2, 0) is 17.6 Å². The lowest BCUT2D eigenvalue weighted by Gasteiger charge is -2.38. The number of fused-ring (bicyclic) bond motifs is 1. The average Bonchev–Trinajstić information content (AvgIpc) is 2.84. The van der Waals surface area contributed by atoms with Gasteiger partial charge in [-0.05, 0) is 78.9 Å². The lowest BCUT2D eigenvalue weighted by Crippen LogP contribution is -2.41. The van der Waals surface area contributed by atoms with Gasteiger partial charge in [0.15, 0.2) is 11.5 Å². The number of methoxy groups -OCH3 is 1. The van der Waals surface area contributed by atoms with Gasteiger partial charge in [0.25, 0.3) is 0 Å². The topological polar surface area (TPSA) is 48.0 Å². The van der Waals surface area contributed by atoms with E-state index in [0.29, 0.717) is 31.1 Å². The summed E-state index contributed by atoms with van der Waals surface area (Å²) >= 11 is 0. The summed E-state index contributed by atoms with van der Waals surface area (Å²) in [5, 5.41) is 0. The van der Waals surface area contributed by atoms with Gasteiger partial charge >= 0.3 is 0 Å². The van der Waals surface area contributed by atoms with Crippen LogP contribution in [0.3, 0.4) is 0 Å². The Morgan fingerprint density at radius 2 is 1.52 bits per heavy atom. The molecular weight excluding hydrogens is 414 g/mol. The molecule has 1 aliphatic heterocycles. The van der Waals surface area contributed by atoms with Crippen molar-refractivity contribution < 1.29 is 19.0 Å². The third kappa shape index (κ3) is 4.54. The first-order valence-electron chi connectivity index (χ1n) is 11.6. The van der Waals surface area contributed by atoms with Gasteiger partial charge < -0.3 is 19.1 Å². The molecule has 0 spiro atoms. The predicted molar refractivity (Wildman–Crippen MR) is 131 cm³/mol. The van der Waals surface area contributed by atoms with Crippen LogP contribution in [0.4, 0.5) is 5.69 Å². The second-order valence-corrected chi connectivity index (χ2v) is 8.00. The third-order valence-electron chi connectivity index (χ3n) is 6.02. The van der Waals surface area contributed by atoms with Crippen LogP contribution in [0.15, 0.2) is 60.7 Å². The molecule has 1 heterocycles. The van der Waals surface area contributed by atoms with Crippen LogP contribution < -0.4 is 19.1 Å². The average molecular weight is 446 g/mol. The van der Waals surface area contributed by atoms with E-state index >= 15 is 0 Å². The summed E-state index contributed by atoms with van der Waals surface area (Å²) in [7, 11) is 1.65. The van der Waals surface area contributed by atoms with E-state index in [4.69, 9.17) is 14.2 Å². The number of rotatable bonds is 8. The molecule has 4 rings (SSSR count). The Labute approximate surface area is 195 Å². The largest absolute Gasteiger partial charge is 0.497 e. The number of anilines is 1. The number of ether oxygens (including phenoxy) is 3. The highest BCUT2D eigenvalue weighted by Gasteiger charge is 2.36. The van der Waals surface area contributed by atoms with Gasteiger partial charge in [0.1, 0.15) is 5.75 Å². The maximum absolute atomic E-state index is 13.5. The number of amides is 1. The van der Waals surface area contributed by atoms with E-state index in [1.807, 2.05) is 67.3 Å². The van der Waals surface area contributed by atoms with Crippen LogP contribution in [0.1, 0.15) is 49.1 Å². The minimum Gasteiger partial charge on any atom is -0.497 e. The van der Waals surface area contributed by atoms with Crippen LogP contribution in [-0.4, -0.2) is 26.2 Å². The second kappa shape index (κ2) is 9.99. The molecule has 0 fully saturated rings. The zero-order chi connectivity index (χ0) is 23.4. The van der Waals surface area contributed by atoms with Gasteiger partial charge in [0.05, 0.1) is 32.8 Å². The molecule has 1 aliphatic rings. The number of hydrogen-bond acceptors (Lipinski definition) is 4. The Hall–Kier alpha value is -3.47. The minimum atomic E-state index is -0.283. The van der Waals surface area contributed by atoms with E-state index in [9.17, 15) is 4.79 Å². The van der Waals surface area contributed by atoms with Crippen molar-refractivity contribution in [2.24, 2.45) is 0 Å². The van der Waals surface area contributed by atoms with Crippen molar-refractivity contribution in [3.63, 3.8) is 0 Å². The Bertz CT molecular complexity index is 1110. The fourth-order valence-corrected chi connectivity index (χ4v) is 4.39. The Morgan fingerprint density at radius 1 is 0.879 bits per heavy atom. The van der Waals surface area contributed by atoms with Gasteiger partial charge in [-0.2, -0.15) is 0 Å². The molecule has 0 N–H and O–H groups in total. The van der Waals surface area contributed by atoms with Crippen molar-refractivity contribution >= 4 is 11.6 Å². The summed E-state index contributed by atoms with van der Waals surface area (Å²) in [4.78, 5) is 15.4. The molecule has 0 saturated carbocycles. The van der Waals surface area contributed by atoms with Crippen molar-refractivity contribution in [1.82, 2.24) is 0 Å². The summed E-state index contributed by atoms with van der Waals surface area (Å²) in [5.41, 5.74) is 5.15. The van der Waals surface area contributed by atoms with Crippen LogP contribution >= 0.6 is 0 Å². The smallest absolute Gasteiger partial charge is 0.232 e. The fourth-order valence-electron chi connectivity index (χ4n) is 4.39. The van der Waals surface area contributed by atoms with Crippen molar-refractivity contribution in [3.8, 4) is 17.2 Å². The molecule has 1 atom stereocenters. The van der Waals surface area contributed by atoms with Gasteiger partial charge in [0, 0.05) is 5.69 Å². The zero-order valence-electron chi connectivity index (χ0n) is 19.8. The zero-order valence-corrected chi connectivity index (χ0v) is 19.8. The maximum atomic E-state index is 13.5. The number of nitrogens with zero attached hydrogens (tertiary/aromatic N) is 1. The molecule has 172 valence electrons. The Balaban J connectivity index is 1.89. The van der Waals surface area contributed by atoms with E-state index in [1.165, 1.54) is 5.56 Å². The molecule has 0 saturated heterocycles. The lowest BCUT2D eigenvalue weighted by atomic mass is 9.86. The molecule has 5 heteroatoms. The molecule has 3 aromatic carbocycles. The van der Waals surface area contributed by atoms with Crippen LogP contribution in [0.25, 0.3) is 0 Å². The highest BCUT2D eigenvalue weighted by molar-refractivity contribution is 5.98. The third-order valence-corrected chi connectivity index (χ3v) is 6.02. The Kier molecular flexibility index (Phi) is 6.87. The van der Waals surface area contributed by atoms with E-state index in [-0.39, 0.29) is 11.9 Å². The van der Waals surface area contributed by atoms with Crippen LogP contribution in [0.5, 0.6) is 17.2 Å². The minimum absolute atomic E-state index is 0.0548. The fraction of sp³-hybridized carbons (Fsp3) is 0.321. The van der Waals surface area contributed by atoms with Crippen LogP contribution in [0, 0.1) is 0 Å². The van der Waals surface area contributed by atoms with E-state index in [1.54, 1.807) is 7.11 Å². The summed E-state index contributed by atoms with van der Waals surface area (Å²) in [5.74, 6) is 2.22. The molecule has 0 aliphatic carbocycles. The molecule has 0 radical (unpaired) electrons. The molecule has 0 bridgehead atoms. The van der Waals surface area contributed by atoms with Gasteiger partial charge in [0.2, 0.25) is 5.91 Å². The van der Waals surface area contributed by atoms with E-state index in [2.05, 4.69) is 19.1 Å². The quantitative estimate of drug-likeness (QED) is 0.444. The normalized spacial score (nSPS) is 15.2. The molecule has 33 heavy (non-hydrogen) atoms. The number of benzene rings is 3. The maximum Gasteiger partial charge on any atom is 0.232 e. The standard InChI is InChI=1S/C28H31NO4/c1-5-19-8-12-22(13-9-19)29-27(30)17-21-16-25(32-6-2)26(33-7-3)18-24(21)28(29)20-10-14-23(31-4)15-11-20/h8-16,18,28H,5-7,17H2,1-4H3. The monoisotopic (exact) mass is 445 g/mol. The van der Waals surface area contributed by atoms with Gasteiger partial charge in [-0.3, -0.25) is 4.79 Å². The van der Waals surface area contributed by atoms with Crippen molar-refractivity contribution in [2.75, 3.05) is 25.2 Å². The Morgan fingerprint density at radius 3 is 2.09 bits per heavy atom. The summed E-state index contributed by atoms with van der Waals surface area (Å²) in [6.45, 7) is 7.10. The van der Waals surface area contributed by atoms with Crippen molar-refractivity contribution in [3.05, 3.63) is 82.9 Å². The van der Waals surface area contributed by atoms with Gasteiger partial charge in [-0.25, -0.2) is 0 Å². The first-order chi connectivity index (χ1) is 16.1. The summed E-state index contributed by atoms with van der Waals surface area (Å²) < 4.78 is 17.1. The molecule has 1 amide bonds. The molecular formula is C28H31NO4. The van der Waals surface area contributed by atoms with Gasteiger partial charge in [-0.1, -0.05) is 31.2 Å². The van der Waals surface area contributed by atoms with Crippen molar-refractivity contribution in [1.29, 1.82) is 0 Å². The van der Waals surface area contributed by atoms with Crippen LogP contribution in [0.2, 0.25) is 0 Å².